The van der Waals surface area contributed by atoms with E-state index in [1.807, 2.05) is 6.92 Å². The van der Waals surface area contributed by atoms with E-state index in [2.05, 4.69) is 29.2 Å². The fourth-order valence-electron chi connectivity index (χ4n) is 1.97. The first kappa shape index (κ1) is 14.7. The SMILES string of the molecule is CCOCCCNC(=S)N1CCC(N(C)C)C1. The highest BCUT2D eigenvalue weighted by Crippen LogP contribution is 2.12. The Hall–Kier alpha value is -0.390. The minimum Gasteiger partial charge on any atom is -0.382 e. The zero-order valence-corrected chi connectivity index (χ0v) is 12.1. The van der Waals surface area contributed by atoms with E-state index in [0.29, 0.717) is 6.04 Å². The van der Waals surface area contributed by atoms with Gasteiger partial charge < -0.3 is 19.9 Å². The van der Waals surface area contributed by atoms with Crippen molar-refractivity contribution in [2.45, 2.75) is 25.8 Å². The third kappa shape index (κ3) is 5.19. The van der Waals surface area contributed by atoms with Crippen LogP contribution in [0.1, 0.15) is 19.8 Å². The summed E-state index contributed by atoms with van der Waals surface area (Å²) in [6.45, 7) is 6.64. The van der Waals surface area contributed by atoms with Gasteiger partial charge in [-0.25, -0.2) is 0 Å². The van der Waals surface area contributed by atoms with E-state index in [0.717, 1.165) is 44.4 Å². The normalized spacial score (nSPS) is 20.0. The molecule has 0 bridgehead atoms. The number of likely N-dealkylation sites (N-methyl/N-ethyl adjacent to an activating group) is 1. The molecule has 1 saturated heterocycles. The average molecular weight is 259 g/mol. The molecule has 0 spiro atoms. The Morgan fingerprint density at radius 1 is 1.53 bits per heavy atom. The van der Waals surface area contributed by atoms with Crippen LogP contribution in [0.25, 0.3) is 0 Å². The van der Waals surface area contributed by atoms with E-state index in [-0.39, 0.29) is 0 Å². The topological polar surface area (TPSA) is 27.7 Å². The first-order valence-corrected chi connectivity index (χ1v) is 6.83. The molecule has 100 valence electrons. The first-order valence-electron chi connectivity index (χ1n) is 6.42. The fraction of sp³-hybridized carbons (Fsp3) is 0.917. The number of ether oxygens (including phenoxy) is 1. The van der Waals surface area contributed by atoms with Crippen LogP contribution >= 0.6 is 12.2 Å². The molecule has 0 radical (unpaired) electrons. The van der Waals surface area contributed by atoms with E-state index >= 15 is 0 Å². The first-order chi connectivity index (χ1) is 8.15. The Kier molecular flexibility index (Phi) is 6.77. The Balaban J connectivity index is 2.12. The predicted molar refractivity (Wildman–Crippen MR) is 75.4 cm³/mol. The van der Waals surface area contributed by atoms with Gasteiger partial charge in [-0.3, -0.25) is 0 Å². The molecule has 1 fully saturated rings. The van der Waals surface area contributed by atoms with Crippen LogP contribution in [0.4, 0.5) is 0 Å². The lowest BCUT2D eigenvalue weighted by molar-refractivity contribution is 0.145. The van der Waals surface area contributed by atoms with Crippen molar-refractivity contribution in [3.8, 4) is 0 Å². The van der Waals surface area contributed by atoms with Crippen molar-refractivity contribution in [1.29, 1.82) is 0 Å². The summed E-state index contributed by atoms with van der Waals surface area (Å²) in [5, 5.41) is 4.20. The molecule has 0 saturated carbocycles. The summed E-state index contributed by atoms with van der Waals surface area (Å²) >= 11 is 5.39. The highest BCUT2D eigenvalue weighted by atomic mass is 32.1. The zero-order valence-electron chi connectivity index (χ0n) is 11.2. The maximum absolute atomic E-state index is 5.39. The third-order valence-electron chi connectivity index (χ3n) is 3.13. The standard InChI is InChI=1S/C12H25N3OS/c1-4-16-9-5-7-13-12(17)15-8-6-11(10-15)14(2)3/h11H,4-10H2,1-3H3,(H,13,17). The molecular formula is C12H25N3OS. The summed E-state index contributed by atoms with van der Waals surface area (Å²) in [6, 6.07) is 0.637. The Labute approximate surface area is 110 Å². The minimum atomic E-state index is 0.637. The molecule has 5 heteroatoms. The highest BCUT2D eigenvalue weighted by molar-refractivity contribution is 7.80. The van der Waals surface area contributed by atoms with Gasteiger partial charge in [0.15, 0.2) is 5.11 Å². The number of hydrogen-bond donors (Lipinski definition) is 1. The molecule has 1 rings (SSSR count). The van der Waals surface area contributed by atoms with Crippen molar-refractivity contribution in [1.82, 2.24) is 15.1 Å². The molecule has 17 heavy (non-hydrogen) atoms. The van der Waals surface area contributed by atoms with Gasteiger partial charge in [0, 0.05) is 38.9 Å². The fourth-order valence-corrected chi connectivity index (χ4v) is 2.24. The second kappa shape index (κ2) is 7.84. The monoisotopic (exact) mass is 259 g/mol. The van der Waals surface area contributed by atoms with Gasteiger partial charge in [-0.2, -0.15) is 0 Å². The van der Waals surface area contributed by atoms with Crippen molar-refractivity contribution < 1.29 is 4.74 Å². The van der Waals surface area contributed by atoms with E-state index in [1.54, 1.807) is 0 Å². The van der Waals surface area contributed by atoms with E-state index in [1.165, 1.54) is 6.42 Å². The summed E-state index contributed by atoms with van der Waals surface area (Å²) in [5.74, 6) is 0. The number of hydrogen-bond acceptors (Lipinski definition) is 3. The number of nitrogens with zero attached hydrogens (tertiary/aromatic N) is 2. The maximum Gasteiger partial charge on any atom is 0.168 e. The summed E-state index contributed by atoms with van der Waals surface area (Å²) in [5.41, 5.74) is 0. The van der Waals surface area contributed by atoms with Crippen molar-refractivity contribution >= 4 is 17.3 Å². The average Bonchev–Trinajstić information content (AvgIpc) is 2.78. The predicted octanol–water partition coefficient (Wildman–Crippen LogP) is 0.923. The number of thiocarbonyl (C=S) groups is 1. The van der Waals surface area contributed by atoms with Gasteiger partial charge in [-0.15, -0.1) is 0 Å². The van der Waals surface area contributed by atoms with Crippen LogP contribution in [0, 0.1) is 0 Å². The zero-order chi connectivity index (χ0) is 12.7. The second-order valence-corrected chi connectivity index (χ2v) is 5.02. The van der Waals surface area contributed by atoms with E-state index in [4.69, 9.17) is 17.0 Å². The maximum atomic E-state index is 5.39. The van der Waals surface area contributed by atoms with Crippen LogP contribution in [0.5, 0.6) is 0 Å². The van der Waals surface area contributed by atoms with Crippen LogP contribution in [0.3, 0.4) is 0 Å². The van der Waals surface area contributed by atoms with Crippen LogP contribution in [-0.4, -0.2) is 67.9 Å². The molecule has 1 heterocycles. The van der Waals surface area contributed by atoms with Gasteiger partial charge in [0.2, 0.25) is 0 Å². The van der Waals surface area contributed by atoms with Gasteiger partial charge >= 0.3 is 0 Å². The molecular weight excluding hydrogens is 234 g/mol. The molecule has 1 aliphatic rings. The van der Waals surface area contributed by atoms with Gasteiger partial charge in [0.05, 0.1) is 0 Å². The summed E-state index contributed by atoms with van der Waals surface area (Å²) in [4.78, 5) is 4.54. The van der Waals surface area contributed by atoms with Crippen LogP contribution < -0.4 is 5.32 Å². The molecule has 0 aromatic heterocycles. The smallest absolute Gasteiger partial charge is 0.168 e. The number of likely N-dealkylation sites (tertiary alicyclic amines) is 1. The second-order valence-electron chi connectivity index (χ2n) is 4.63. The highest BCUT2D eigenvalue weighted by Gasteiger charge is 2.25. The van der Waals surface area contributed by atoms with Crippen LogP contribution in [-0.2, 0) is 4.74 Å². The molecule has 0 aromatic rings. The van der Waals surface area contributed by atoms with Gasteiger partial charge in [-0.1, -0.05) is 0 Å². The molecule has 1 aliphatic heterocycles. The quantitative estimate of drug-likeness (QED) is 0.566. The summed E-state index contributed by atoms with van der Waals surface area (Å²) in [7, 11) is 4.26. The molecule has 1 unspecified atom stereocenters. The van der Waals surface area contributed by atoms with Gasteiger partial charge in [-0.05, 0) is 46.1 Å². The molecule has 1 atom stereocenters. The Morgan fingerprint density at radius 2 is 2.29 bits per heavy atom. The largest absolute Gasteiger partial charge is 0.382 e. The lowest BCUT2D eigenvalue weighted by atomic mass is 10.2. The van der Waals surface area contributed by atoms with Crippen molar-refractivity contribution in [3.05, 3.63) is 0 Å². The third-order valence-corrected chi connectivity index (χ3v) is 3.53. The van der Waals surface area contributed by atoms with Gasteiger partial charge in [0.25, 0.3) is 0 Å². The molecule has 4 nitrogen and oxygen atoms in total. The molecule has 1 N–H and O–H groups in total. The molecule has 0 aliphatic carbocycles. The van der Waals surface area contributed by atoms with Crippen molar-refractivity contribution in [2.24, 2.45) is 0 Å². The molecule has 0 amide bonds. The Morgan fingerprint density at radius 3 is 2.88 bits per heavy atom. The van der Waals surface area contributed by atoms with Gasteiger partial charge in [0.1, 0.15) is 0 Å². The molecule has 0 aromatic carbocycles. The van der Waals surface area contributed by atoms with Crippen LogP contribution in [0.2, 0.25) is 0 Å². The number of nitrogens with one attached hydrogen (secondary N) is 1. The van der Waals surface area contributed by atoms with Crippen molar-refractivity contribution in [3.63, 3.8) is 0 Å². The Bertz CT molecular complexity index is 236. The summed E-state index contributed by atoms with van der Waals surface area (Å²) in [6.07, 6.45) is 2.21. The number of rotatable bonds is 6. The lowest BCUT2D eigenvalue weighted by Crippen LogP contribution is -2.40. The lowest BCUT2D eigenvalue weighted by Gasteiger charge is -2.22. The minimum absolute atomic E-state index is 0.637. The van der Waals surface area contributed by atoms with E-state index in [9.17, 15) is 0 Å². The van der Waals surface area contributed by atoms with E-state index < -0.39 is 0 Å². The van der Waals surface area contributed by atoms with Crippen LogP contribution in [0.15, 0.2) is 0 Å². The van der Waals surface area contributed by atoms with Crippen molar-refractivity contribution in [2.75, 3.05) is 46.9 Å². The summed E-state index contributed by atoms with van der Waals surface area (Å²) < 4.78 is 5.29.